The highest BCUT2D eigenvalue weighted by molar-refractivity contribution is 6.04. The van der Waals surface area contributed by atoms with Gasteiger partial charge in [-0.15, -0.1) is 0 Å². The molecule has 5 heteroatoms. The van der Waals surface area contributed by atoms with Crippen LogP contribution in [0, 0.1) is 11.3 Å². The Labute approximate surface area is 141 Å². The number of hydrogen-bond donors (Lipinski definition) is 1. The fourth-order valence-electron chi connectivity index (χ4n) is 2.65. The molecule has 0 unspecified atom stereocenters. The summed E-state index contributed by atoms with van der Waals surface area (Å²) in [5, 5.41) is 16.4. The Morgan fingerprint density at radius 1 is 1.38 bits per heavy atom. The quantitative estimate of drug-likeness (QED) is 0.916. The minimum Gasteiger partial charge on any atom is -0.304 e. The van der Waals surface area contributed by atoms with Crippen LogP contribution in [0.4, 0.5) is 5.82 Å². The topological polar surface area (TPSA) is 70.7 Å². The highest BCUT2D eigenvalue weighted by atomic mass is 16.1. The van der Waals surface area contributed by atoms with Gasteiger partial charge in [0.1, 0.15) is 11.6 Å². The number of anilines is 1. The van der Waals surface area contributed by atoms with Crippen molar-refractivity contribution < 1.29 is 4.79 Å². The van der Waals surface area contributed by atoms with Crippen molar-refractivity contribution in [1.82, 2.24) is 9.78 Å². The lowest BCUT2D eigenvalue weighted by Gasteiger charge is -2.18. The zero-order chi connectivity index (χ0) is 17.3. The van der Waals surface area contributed by atoms with Gasteiger partial charge in [0, 0.05) is 11.8 Å². The van der Waals surface area contributed by atoms with Crippen LogP contribution in [-0.4, -0.2) is 15.7 Å². The van der Waals surface area contributed by atoms with Crippen molar-refractivity contribution in [3.05, 3.63) is 52.7 Å². The molecule has 1 N–H and O–H groups in total. The van der Waals surface area contributed by atoms with E-state index >= 15 is 0 Å². The van der Waals surface area contributed by atoms with Gasteiger partial charge in [-0.2, -0.15) is 10.4 Å². The van der Waals surface area contributed by atoms with Crippen molar-refractivity contribution in [3.8, 4) is 6.07 Å². The van der Waals surface area contributed by atoms with E-state index in [1.807, 2.05) is 32.9 Å². The summed E-state index contributed by atoms with van der Waals surface area (Å²) in [5.41, 5.74) is 3.02. The van der Waals surface area contributed by atoms with Gasteiger partial charge in [-0.05, 0) is 56.9 Å². The van der Waals surface area contributed by atoms with Gasteiger partial charge in [0.2, 0.25) is 0 Å². The first-order valence-electron chi connectivity index (χ1n) is 7.99. The minimum absolute atomic E-state index is 0.247. The summed E-state index contributed by atoms with van der Waals surface area (Å²) in [6.07, 6.45) is 7.81. The van der Waals surface area contributed by atoms with Crippen molar-refractivity contribution in [2.24, 2.45) is 0 Å². The molecule has 0 saturated carbocycles. The summed E-state index contributed by atoms with van der Waals surface area (Å²) < 4.78 is 1.69. The highest BCUT2D eigenvalue weighted by Crippen LogP contribution is 2.22. The predicted molar refractivity (Wildman–Crippen MR) is 93.7 cm³/mol. The number of carbonyl (C=O) groups excluding carboxylic acids is 1. The number of aromatic nitrogens is 2. The molecule has 2 aromatic rings. The summed E-state index contributed by atoms with van der Waals surface area (Å²) in [5.74, 6) is 0.0538. The standard InChI is InChI=1S/C19H20N4O/c1-19(2,3)23-12-16(11-20)17(22-23)21-18(24)15-9-8-13-6-4-5-7-14(13)10-15/h4,6,8-10,12H,5,7H2,1-3H3,(H,21,22,24). The van der Waals surface area contributed by atoms with E-state index in [0.29, 0.717) is 16.9 Å². The van der Waals surface area contributed by atoms with E-state index in [4.69, 9.17) is 0 Å². The molecule has 0 bridgehead atoms. The van der Waals surface area contributed by atoms with Crippen molar-refractivity contribution in [2.75, 3.05) is 5.32 Å². The molecule has 1 aromatic carbocycles. The second-order valence-electron chi connectivity index (χ2n) is 6.93. The summed E-state index contributed by atoms with van der Waals surface area (Å²) >= 11 is 0. The smallest absolute Gasteiger partial charge is 0.256 e. The van der Waals surface area contributed by atoms with Crippen LogP contribution in [0.1, 0.15) is 54.2 Å². The molecule has 0 spiro atoms. The number of nitriles is 1. The van der Waals surface area contributed by atoms with Crippen molar-refractivity contribution >= 4 is 17.8 Å². The summed E-state index contributed by atoms with van der Waals surface area (Å²) in [4.78, 5) is 12.5. The van der Waals surface area contributed by atoms with Gasteiger partial charge in [0.15, 0.2) is 5.82 Å². The Bertz CT molecular complexity index is 862. The lowest BCUT2D eigenvalue weighted by atomic mass is 9.95. The molecule has 1 aliphatic carbocycles. The van der Waals surface area contributed by atoms with Crippen LogP contribution in [0.25, 0.3) is 6.08 Å². The lowest BCUT2D eigenvalue weighted by Crippen LogP contribution is -2.22. The average molecular weight is 320 g/mol. The third kappa shape index (κ3) is 3.09. The molecule has 1 aromatic heterocycles. The largest absolute Gasteiger partial charge is 0.304 e. The van der Waals surface area contributed by atoms with E-state index in [1.165, 1.54) is 5.56 Å². The molecule has 1 amide bonds. The molecule has 0 fully saturated rings. The van der Waals surface area contributed by atoms with Gasteiger partial charge in [-0.25, -0.2) is 0 Å². The number of fused-ring (bicyclic) bond motifs is 1. The molecule has 0 atom stereocenters. The fourth-order valence-corrected chi connectivity index (χ4v) is 2.65. The van der Waals surface area contributed by atoms with E-state index < -0.39 is 0 Å². The van der Waals surface area contributed by atoms with Crippen molar-refractivity contribution in [1.29, 1.82) is 5.26 Å². The molecule has 0 saturated heterocycles. The van der Waals surface area contributed by atoms with Crippen LogP contribution in [0.2, 0.25) is 0 Å². The Balaban J connectivity index is 1.86. The van der Waals surface area contributed by atoms with Crippen LogP contribution in [0.3, 0.4) is 0 Å². The second kappa shape index (κ2) is 5.97. The summed E-state index contributed by atoms with van der Waals surface area (Å²) in [6, 6.07) is 7.76. The van der Waals surface area contributed by atoms with Crippen LogP contribution in [0.5, 0.6) is 0 Å². The number of hydrogen-bond acceptors (Lipinski definition) is 3. The number of aryl methyl sites for hydroxylation is 1. The van der Waals surface area contributed by atoms with Crippen LogP contribution >= 0.6 is 0 Å². The lowest BCUT2D eigenvalue weighted by molar-refractivity contribution is 0.102. The molecule has 1 aliphatic rings. The minimum atomic E-state index is -0.257. The number of benzene rings is 1. The first-order chi connectivity index (χ1) is 11.4. The molecule has 1 heterocycles. The molecule has 0 radical (unpaired) electrons. The van der Waals surface area contributed by atoms with E-state index in [1.54, 1.807) is 16.9 Å². The molecule has 24 heavy (non-hydrogen) atoms. The molecular formula is C19H20N4O. The van der Waals surface area contributed by atoms with E-state index in [-0.39, 0.29) is 11.4 Å². The highest BCUT2D eigenvalue weighted by Gasteiger charge is 2.20. The Morgan fingerprint density at radius 3 is 2.88 bits per heavy atom. The number of amides is 1. The first-order valence-corrected chi connectivity index (χ1v) is 7.99. The van der Waals surface area contributed by atoms with Gasteiger partial charge < -0.3 is 5.32 Å². The Kier molecular flexibility index (Phi) is 3.98. The average Bonchev–Trinajstić information content (AvgIpc) is 2.97. The third-order valence-electron chi connectivity index (χ3n) is 4.04. The van der Waals surface area contributed by atoms with Crippen molar-refractivity contribution in [2.45, 2.75) is 39.2 Å². The predicted octanol–water partition coefficient (Wildman–Crippen LogP) is 3.72. The molecule has 5 nitrogen and oxygen atoms in total. The van der Waals surface area contributed by atoms with Gasteiger partial charge in [0.25, 0.3) is 5.91 Å². The van der Waals surface area contributed by atoms with Gasteiger partial charge >= 0.3 is 0 Å². The SMILES string of the molecule is CC(C)(C)n1cc(C#N)c(NC(=O)c2ccc3c(c2)CCC=C3)n1. The monoisotopic (exact) mass is 320 g/mol. The molecule has 3 rings (SSSR count). The van der Waals surface area contributed by atoms with Gasteiger partial charge in [-0.1, -0.05) is 18.2 Å². The van der Waals surface area contributed by atoms with Crippen LogP contribution in [0.15, 0.2) is 30.5 Å². The first kappa shape index (κ1) is 16.0. The molecule has 0 aliphatic heterocycles. The number of allylic oxidation sites excluding steroid dienone is 1. The van der Waals surface area contributed by atoms with Crippen molar-refractivity contribution in [3.63, 3.8) is 0 Å². The maximum Gasteiger partial charge on any atom is 0.256 e. The normalized spacial score (nSPS) is 13.2. The molecular weight excluding hydrogens is 300 g/mol. The zero-order valence-electron chi connectivity index (χ0n) is 14.1. The third-order valence-corrected chi connectivity index (χ3v) is 4.04. The maximum atomic E-state index is 12.5. The zero-order valence-corrected chi connectivity index (χ0v) is 14.1. The van der Waals surface area contributed by atoms with E-state index in [0.717, 1.165) is 18.4 Å². The summed E-state index contributed by atoms with van der Waals surface area (Å²) in [6.45, 7) is 5.97. The molecule has 122 valence electrons. The van der Waals surface area contributed by atoms with E-state index in [2.05, 4.69) is 28.6 Å². The summed E-state index contributed by atoms with van der Waals surface area (Å²) in [7, 11) is 0. The second-order valence-corrected chi connectivity index (χ2v) is 6.93. The Morgan fingerprint density at radius 2 is 2.17 bits per heavy atom. The van der Waals surface area contributed by atoms with Gasteiger partial charge in [0.05, 0.1) is 5.54 Å². The number of carbonyl (C=O) groups is 1. The van der Waals surface area contributed by atoms with Crippen LogP contribution < -0.4 is 5.32 Å². The number of nitrogens with one attached hydrogen (secondary N) is 1. The Hall–Kier alpha value is -2.87. The van der Waals surface area contributed by atoms with Gasteiger partial charge in [-0.3, -0.25) is 9.48 Å². The fraction of sp³-hybridized carbons (Fsp3) is 0.316. The number of rotatable bonds is 2. The van der Waals surface area contributed by atoms with E-state index in [9.17, 15) is 10.1 Å². The maximum absolute atomic E-state index is 12.5. The van der Waals surface area contributed by atoms with Crippen LogP contribution in [-0.2, 0) is 12.0 Å². The number of nitrogens with zero attached hydrogens (tertiary/aromatic N) is 3.